The van der Waals surface area contributed by atoms with E-state index in [1.54, 1.807) is 0 Å². The average Bonchev–Trinajstić information content (AvgIpc) is 2.55. The number of hydrogen-bond donors (Lipinski definition) is 0. The second-order valence-corrected chi connectivity index (χ2v) is 10.9. The number of carbonyl (C=O) groups is 1. The quantitative estimate of drug-likeness (QED) is 0.697. The minimum absolute atomic E-state index is 0.226. The first-order valence-electron chi connectivity index (χ1n) is 7.09. The summed E-state index contributed by atoms with van der Waals surface area (Å²) in [7, 11) is -3.49. The highest BCUT2D eigenvalue weighted by Crippen LogP contribution is 2.43. The molecule has 0 aliphatic heterocycles. The fourth-order valence-corrected chi connectivity index (χ4v) is 5.75. The number of benzene rings is 2. The molecule has 2 rings (SSSR count). The van der Waals surface area contributed by atoms with Crippen LogP contribution in [0.4, 0.5) is 8.78 Å². The van der Waals surface area contributed by atoms with Crippen LogP contribution in [0.15, 0.2) is 58.3 Å². The van der Waals surface area contributed by atoms with Crippen molar-refractivity contribution in [3.05, 3.63) is 58.6 Å². The van der Waals surface area contributed by atoms with E-state index < -0.39 is 26.7 Å². The highest BCUT2D eigenvalue weighted by atomic mass is 35.5. The maximum absolute atomic E-state index is 14.1. The molecule has 0 heterocycles. The summed E-state index contributed by atoms with van der Waals surface area (Å²) in [6, 6.07) is 11.8. The molecule has 25 heavy (non-hydrogen) atoms. The van der Waals surface area contributed by atoms with Crippen molar-refractivity contribution in [3.8, 4) is 0 Å². The highest BCUT2D eigenvalue weighted by molar-refractivity contribution is 8.20. The lowest BCUT2D eigenvalue weighted by Gasteiger charge is -2.39. The van der Waals surface area contributed by atoms with E-state index in [1.807, 2.05) is 0 Å². The molecule has 3 nitrogen and oxygen atoms in total. The number of hydrogen-bond acceptors (Lipinski definition) is 3. The lowest BCUT2D eigenvalue weighted by Crippen LogP contribution is -2.45. The molecular formula is C17H16Cl2F2O3S. The van der Waals surface area contributed by atoms with E-state index in [9.17, 15) is 17.8 Å². The Balaban J connectivity index is 2.67. The number of alkyl halides is 2. The topological polar surface area (TPSA) is 43.4 Å². The van der Waals surface area contributed by atoms with E-state index in [2.05, 4.69) is 4.74 Å². The Bertz CT molecular complexity index is 800. The van der Waals surface area contributed by atoms with Gasteiger partial charge in [0.05, 0.1) is 5.75 Å². The molecule has 0 aliphatic carbocycles. The summed E-state index contributed by atoms with van der Waals surface area (Å²) in [5, 5.41) is 0.783. The van der Waals surface area contributed by atoms with E-state index in [4.69, 9.17) is 23.2 Å². The molecule has 0 atom stereocenters. The maximum Gasteiger partial charge on any atom is 0.416 e. The van der Waals surface area contributed by atoms with Gasteiger partial charge >= 0.3 is 6.11 Å². The van der Waals surface area contributed by atoms with Gasteiger partial charge in [0.1, 0.15) is 0 Å². The van der Waals surface area contributed by atoms with Crippen LogP contribution in [0.5, 0.6) is 0 Å². The van der Waals surface area contributed by atoms with Gasteiger partial charge in [-0.05, 0) is 57.6 Å². The summed E-state index contributed by atoms with van der Waals surface area (Å²) < 4.78 is 45.4. The van der Waals surface area contributed by atoms with Crippen LogP contribution in [0, 0.1) is 0 Å². The standard InChI is InChI=1S/C17H16Cl2F2O3S/c1-24-17(20,21)16(22)11-25(2,23,14-7-3-12(18)4-8-14)15-9-5-13(19)6-10-15/h3-10H,11H2,1-2H3. The van der Waals surface area contributed by atoms with Crippen molar-refractivity contribution in [2.24, 2.45) is 0 Å². The monoisotopic (exact) mass is 408 g/mol. The molecule has 0 unspecified atom stereocenters. The van der Waals surface area contributed by atoms with Crippen molar-refractivity contribution in [3.63, 3.8) is 0 Å². The Kier molecular flexibility index (Phi) is 5.40. The zero-order valence-electron chi connectivity index (χ0n) is 13.5. The van der Waals surface area contributed by atoms with Gasteiger partial charge < -0.3 is 4.74 Å². The third-order valence-electron chi connectivity index (χ3n) is 3.92. The third kappa shape index (κ3) is 3.92. The van der Waals surface area contributed by atoms with Gasteiger partial charge in [-0.1, -0.05) is 23.2 Å². The molecule has 0 fully saturated rings. The summed E-state index contributed by atoms with van der Waals surface area (Å²) in [6.45, 7) is 0. The van der Waals surface area contributed by atoms with Crippen LogP contribution in [0.2, 0.25) is 10.0 Å². The molecule has 0 aromatic heterocycles. The number of ether oxygens (including phenoxy) is 1. The summed E-state index contributed by atoms with van der Waals surface area (Å²) in [6.07, 6.45) is -2.73. The molecule has 0 aliphatic rings. The molecule has 136 valence electrons. The van der Waals surface area contributed by atoms with Crippen LogP contribution in [0.3, 0.4) is 0 Å². The first kappa shape index (κ1) is 20.0. The van der Waals surface area contributed by atoms with Crippen molar-refractivity contribution in [2.45, 2.75) is 15.9 Å². The molecule has 8 heteroatoms. The zero-order chi connectivity index (χ0) is 18.9. The van der Waals surface area contributed by atoms with E-state index >= 15 is 0 Å². The summed E-state index contributed by atoms with van der Waals surface area (Å²) >= 11 is 11.7. The van der Waals surface area contributed by atoms with Crippen LogP contribution in [0.1, 0.15) is 0 Å². The average molecular weight is 409 g/mol. The van der Waals surface area contributed by atoms with Gasteiger partial charge in [-0.15, -0.1) is 0 Å². The van der Waals surface area contributed by atoms with Crippen LogP contribution < -0.4 is 0 Å². The van der Waals surface area contributed by atoms with E-state index in [0.717, 1.165) is 7.11 Å². The van der Waals surface area contributed by atoms with Crippen LogP contribution in [-0.4, -0.2) is 35.2 Å². The number of halogens is 4. The van der Waals surface area contributed by atoms with Crippen molar-refractivity contribution in [1.82, 2.24) is 0 Å². The highest BCUT2D eigenvalue weighted by Gasteiger charge is 2.47. The van der Waals surface area contributed by atoms with Gasteiger partial charge in [-0.25, -0.2) is 0 Å². The molecule has 0 saturated carbocycles. The number of rotatable bonds is 6. The molecule has 2 aromatic rings. The number of methoxy groups -OCH3 is 1. The smallest absolute Gasteiger partial charge is 0.318 e. The van der Waals surface area contributed by atoms with Crippen LogP contribution >= 0.6 is 23.2 Å². The minimum atomic E-state index is -4.21. The fourth-order valence-electron chi connectivity index (χ4n) is 2.40. The number of carbonyl (C=O) groups excluding carboxylic acids is 1. The molecule has 0 N–H and O–H groups in total. The summed E-state index contributed by atoms with van der Waals surface area (Å²) in [5.74, 6) is -2.49. The Labute approximate surface area is 154 Å². The Morgan fingerprint density at radius 1 is 1.00 bits per heavy atom. The lowest BCUT2D eigenvalue weighted by atomic mass is 10.4. The van der Waals surface area contributed by atoms with Crippen molar-refractivity contribution >= 4 is 38.1 Å². The van der Waals surface area contributed by atoms with Gasteiger partial charge in [-0.3, -0.25) is 9.00 Å². The van der Waals surface area contributed by atoms with Crippen molar-refractivity contribution in [2.75, 3.05) is 19.1 Å². The Morgan fingerprint density at radius 2 is 1.36 bits per heavy atom. The second kappa shape index (κ2) is 6.76. The van der Waals surface area contributed by atoms with E-state index in [0.29, 0.717) is 10.0 Å². The third-order valence-corrected chi connectivity index (χ3v) is 8.39. The van der Waals surface area contributed by atoms with Gasteiger partial charge in [0.2, 0.25) is 5.78 Å². The molecule has 0 spiro atoms. The zero-order valence-corrected chi connectivity index (χ0v) is 15.8. The molecule has 0 saturated heterocycles. The predicted octanol–water partition coefficient (Wildman–Crippen LogP) is 4.67. The van der Waals surface area contributed by atoms with Gasteiger partial charge in [0.15, 0.2) is 0 Å². The summed E-state index contributed by atoms with van der Waals surface area (Å²) in [5.41, 5.74) is 0. The molecular weight excluding hydrogens is 393 g/mol. The second-order valence-electron chi connectivity index (χ2n) is 5.74. The lowest BCUT2D eigenvalue weighted by molar-refractivity contribution is -0.214. The van der Waals surface area contributed by atoms with Gasteiger partial charge in [-0.2, -0.15) is 8.78 Å². The molecule has 0 bridgehead atoms. The Morgan fingerprint density at radius 3 is 1.68 bits per heavy atom. The van der Waals surface area contributed by atoms with Gasteiger partial charge in [0, 0.05) is 33.2 Å². The Hall–Kier alpha value is -1.34. The molecule has 0 amide bonds. The van der Waals surface area contributed by atoms with Gasteiger partial charge in [0.25, 0.3) is 0 Å². The normalized spacial score (nSPS) is 13.9. The number of Topliss-reactive ketones (excluding diaryl/α,β-unsaturated/α-hetero) is 1. The molecule has 0 radical (unpaired) electrons. The minimum Gasteiger partial charge on any atom is -0.318 e. The van der Waals surface area contributed by atoms with E-state index in [1.165, 1.54) is 54.8 Å². The maximum atomic E-state index is 14.1. The number of ketones is 1. The SMILES string of the molecule is COC(F)(F)C(=O)CS(C)(=O)(c1ccc(Cl)cc1)c1ccc(Cl)cc1. The molecule has 2 aromatic carbocycles. The van der Waals surface area contributed by atoms with Crippen molar-refractivity contribution < 1.29 is 22.5 Å². The predicted molar refractivity (Wildman–Crippen MR) is 95.3 cm³/mol. The first-order chi connectivity index (χ1) is 11.5. The largest absolute Gasteiger partial charge is 0.416 e. The van der Waals surface area contributed by atoms with Crippen LogP contribution in [0.25, 0.3) is 0 Å². The van der Waals surface area contributed by atoms with E-state index in [-0.39, 0.29) is 9.79 Å². The summed E-state index contributed by atoms with van der Waals surface area (Å²) in [4.78, 5) is 12.5. The van der Waals surface area contributed by atoms with Crippen molar-refractivity contribution in [1.29, 1.82) is 0 Å². The fraction of sp³-hybridized carbons (Fsp3) is 0.235. The van der Waals surface area contributed by atoms with Crippen LogP contribution in [-0.2, 0) is 18.6 Å². The first-order valence-corrected chi connectivity index (χ1v) is 10.4.